The lowest BCUT2D eigenvalue weighted by molar-refractivity contribution is -0.384. The van der Waals surface area contributed by atoms with Gasteiger partial charge in [-0.1, -0.05) is 41.2 Å². The van der Waals surface area contributed by atoms with Gasteiger partial charge in [0, 0.05) is 29.0 Å². The molecule has 0 unspecified atom stereocenters. The SMILES string of the molecule is CO/N=C(/C(=O)OC)c1ccccc1CSc1nnc(-c2ccc([N+](=O)[O-])cc2)o1. The number of rotatable bonds is 8. The summed E-state index contributed by atoms with van der Waals surface area (Å²) in [4.78, 5) is 27.1. The van der Waals surface area contributed by atoms with E-state index in [-0.39, 0.29) is 17.3 Å². The molecule has 10 nitrogen and oxygen atoms in total. The molecule has 0 saturated carbocycles. The number of hydrogen-bond donors (Lipinski definition) is 0. The fourth-order valence-corrected chi connectivity index (χ4v) is 3.28. The van der Waals surface area contributed by atoms with E-state index in [1.807, 2.05) is 12.1 Å². The first kappa shape index (κ1) is 21.0. The number of aromatic nitrogens is 2. The summed E-state index contributed by atoms with van der Waals surface area (Å²) in [5.74, 6) is 0.0436. The van der Waals surface area contributed by atoms with Crippen LogP contribution in [0.5, 0.6) is 0 Å². The van der Waals surface area contributed by atoms with Gasteiger partial charge in [0.2, 0.25) is 5.89 Å². The molecule has 0 aliphatic heterocycles. The van der Waals surface area contributed by atoms with Gasteiger partial charge in [0.15, 0.2) is 5.71 Å². The number of esters is 1. The largest absolute Gasteiger partial charge is 0.464 e. The highest BCUT2D eigenvalue weighted by atomic mass is 32.2. The first-order valence-electron chi connectivity index (χ1n) is 8.52. The van der Waals surface area contributed by atoms with Crippen LogP contribution in [0.2, 0.25) is 0 Å². The van der Waals surface area contributed by atoms with Crippen LogP contribution in [0.3, 0.4) is 0 Å². The molecule has 1 aromatic heterocycles. The molecule has 30 heavy (non-hydrogen) atoms. The molecule has 0 spiro atoms. The number of methoxy groups -OCH3 is 1. The van der Waals surface area contributed by atoms with E-state index >= 15 is 0 Å². The zero-order valence-corrected chi connectivity index (χ0v) is 16.8. The Morgan fingerprint density at radius 1 is 1.17 bits per heavy atom. The monoisotopic (exact) mass is 428 g/mol. The second-order valence-corrected chi connectivity index (χ2v) is 6.66. The molecular formula is C19H16N4O6S. The summed E-state index contributed by atoms with van der Waals surface area (Å²) in [7, 11) is 2.61. The quantitative estimate of drug-likeness (QED) is 0.174. The summed E-state index contributed by atoms with van der Waals surface area (Å²) >= 11 is 1.27. The number of oxime groups is 1. The molecular weight excluding hydrogens is 412 g/mol. The molecule has 0 fully saturated rings. The Balaban J connectivity index is 1.76. The van der Waals surface area contributed by atoms with Gasteiger partial charge in [0.05, 0.1) is 12.0 Å². The third-order valence-corrected chi connectivity index (χ3v) is 4.78. The molecule has 0 saturated heterocycles. The van der Waals surface area contributed by atoms with Crippen LogP contribution in [-0.2, 0) is 20.1 Å². The molecule has 154 valence electrons. The van der Waals surface area contributed by atoms with Crippen molar-refractivity contribution in [1.29, 1.82) is 0 Å². The number of nitro groups is 1. The highest BCUT2D eigenvalue weighted by Crippen LogP contribution is 2.28. The molecule has 0 radical (unpaired) electrons. The summed E-state index contributed by atoms with van der Waals surface area (Å²) < 4.78 is 10.4. The minimum absolute atomic E-state index is 0.0244. The van der Waals surface area contributed by atoms with E-state index in [1.54, 1.807) is 24.3 Å². The number of nitrogens with zero attached hydrogens (tertiary/aromatic N) is 4. The maximum Gasteiger partial charge on any atom is 0.360 e. The molecule has 0 bridgehead atoms. The number of ether oxygens (including phenoxy) is 1. The lowest BCUT2D eigenvalue weighted by Crippen LogP contribution is -2.19. The fourth-order valence-electron chi connectivity index (χ4n) is 2.51. The van der Waals surface area contributed by atoms with E-state index in [2.05, 4.69) is 15.4 Å². The molecule has 11 heteroatoms. The number of carbonyl (C=O) groups is 1. The first-order valence-corrected chi connectivity index (χ1v) is 9.51. The van der Waals surface area contributed by atoms with Crippen molar-refractivity contribution in [2.45, 2.75) is 11.0 Å². The number of thioether (sulfide) groups is 1. The molecule has 0 N–H and O–H groups in total. The van der Waals surface area contributed by atoms with Crippen LogP contribution in [0.15, 0.2) is 63.3 Å². The molecule has 3 aromatic rings. The van der Waals surface area contributed by atoms with Crippen molar-refractivity contribution < 1.29 is 23.7 Å². The Bertz CT molecular complexity index is 1080. The molecule has 0 amide bonds. The third kappa shape index (κ3) is 4.81. The van der Waals surface area contributed by atoms with Crippen LogP contribution in [-0.4, -0.2) is 41.0 Å². The second-order valence-electron chi connectivity index (χ2n) is 5.74. The van der Waals surface area contributed by atoms with Crippen molar-refractivity contribution in [3.8, 4) is 11.5 Å². The van der Waals surface area contributed by atoms with Gasteiger partial charge >= 0.3 is 5.97 Å². The predicted molar refractivity (Wildman–Crippen MR) is 108 cm³/mol. The van der Waals surface area contributed by atoms with Gasteiger partial charge < -0.3 is 14.0 Å². The highest BCUT2D eigenvalue weighted by Gasteiger charge is 2.20. The summed E-state index contributed by atoms with van der Waals surface area (Å²) in [6, 6.07) is 13.0. The Hall–Kier alpha value is -3.73. The maximum atomic E-state index is 12.0. The average molecular weight is 428 g/mol. The van der Waals surface area contributed by atoms with Gasteiger partial charge in [-0.3, -0.25) is 10.1 Å². The van der Waals surface area contributed by atoms with Crippen LogP contribution < -0.4 is 0 Å². The van der Waals surface area contributed by atoms with E-state index in [4.69, 9.17) is 14.0 Å². The summed E-state index contributed by atoms with van der Waals surface area (Å²) in [5, 5.41) is 22.8. The number of nitro benzene ring substituents is 1. The van der Waals surface area contributed by atoms with Gasteiger partial charge in [-0.05, 0) is 17.7 Å². The number of carbonyl (C=O) groups excluding carboxylic acids is 1. The minimum Gasteiger partial charge on any atom is -0.464 e. The molecule has 0 atom stereocenters. The van der Waals surface area contributed by atoms with Crippen LogP contribution in [0.1, 0.15) is 11.1 Å². The van der Waals surface area contributed by atoms with Gasteiger partial charge in [0.25, 0.3) is 10.9 Å². The van der Waals surface area contributed by atoms with E-state index in [0.717, 1.165) is 5.56 Å². The average Bonchev–Trinajstić information content (AvgIpc) is 3.25. The lowest BCUT2D eigenvalue weighted by Gasteiger charge is -2.09. The van der Waals surface area contributed by atoms with Crippen LogP contribution in [0, 0.1) is 10.1 Å². The topological polar surface area (TPSA) is 130 Å². The van der Waals surface area contributed by atoms with Crippen molar-refractivity contribution in [1.82, 2.24) is 10.2 Å². The van der Waals surface area contributed by atoms with Crippen LogP contribution in [0.25, 0.3) is 11.5 Å². The van der Waals surface area contributed by atoms with E-state index in [1.165, 1.54) is 38.1 Å². The molecule has 0 aliphatic carbocycles. The maximum absolute atomic E-state index is 12.0. The van der Waals surface area contributed by atoms with E-state index in [9.17, 15) is 14.9 Å². The molecule has 3 rings (SSSR count). The van der Waals surface area contributed by atoms with Crippen molar-refractivity contribution >= 4 is 29.1 Å². The minimum atomic E-state index is -0.618. The standard InChI is InChI=1S/C19H16N4O6S/c1-27-18(24)16(22-28-2)15-6-4-3-5-13(15)11-30-19-21-20-17(29-19)12-7-9-14(10-8-12)23(25)26/h3-10H,11H2,1-2H3/b22-16+. The summed E-state index contributed by atoms with van der Waals surface area (Å²) in [5.41, 5.74) is 1.95. The first-order chi connectivity index (χ1) is 14.5. The van der Waals surface area contributed by atoms with Gasteiger partial charge in [-0.15, -0.1) is 10.2 Å². The summed E-state index contributed by atoms with van der Waals surface area (Å²) in [6.45, 7) is 0. The zero-order valence-electron chi connectivity index (χ0n) is 16.0. The fraction of sp³-hybridized carbons (Fsp3) is 0.158. The molecule has 1 heterocycles. The van der Waals surface area contributed by atoms with Crippen molar-refractivity contribution in [3.05, 3.63) is 69.8 Å². The van der Waals surface area contributed by atoms with Crippen molar-refractivity contribution in [3.63, 3.8) is 0 Å². The van der Waals surface area contributed by atoms with Crippen molar-refractivity contribution in [2.24, 2.45) is 5.16 Å². The number of non-ortho nitro benzene ring substituents is 1. The highest BCUT2D eigenvalue weighted by molar-refractivity contribution is 7.98. The van der Waals surface area contributed by atoms with Crippen LogP contribution in [0.4, 0.5) is 5.69 Å². The smallest absolute Gasteiger partial charge is 0.360 e. The van der Waals surface area contributed by atoms with Gasteiger partial charge in [-0.25, -0.2) is 4.79 Å². The molecule has 2 aromatic carbocycles. The third-order valence-electron chi connectivity index (χ3n) is 3.92. The van der Waals surface area contributed by atoms with Gasteiger partial charge in [0.1, 0.15) is 7.11 Å². The Morgan fingerprint density at radius 3 is 2.57 bits per heavy atom. The number of benzene rings is 2. The lowest BCUT2D eigenvalue weighted by atomic mass is 10.0. The second kappa shape index (κ2) is 9.65. The van der Waals surface area contributed by atoms with E-state index in [0.29, 0.717) is 22.1 Å². The van der Waals surface area contributed by atoms with E-state index < -0.39 is 10.9 Å². The van der Waals surface area contributed by atoms with Crippen molar-refractivity contribution in [2.75, 3.05) is 14.2 Å². The number of hydrogen-bond acceptors (Lipinski definition) is 10. The summed E-state index contributed by atoms with van der Waals surface area (Å²) in [6.07, 6.45) is 0. The van der Waals surface area contributed by atoms with Gasteiger partial charge in [-0.2, -0.15) is 0 Å². The Labute approximate surface area is 175 Å². The zero-order chi connectivity index (χ0) is 21.5. The predicted octanol–water partition coefficient (Wildman–Crippen LogP) is 3.46. The van der Waals surface area contributed by atoms with Crippen LogP contribution >= 0.6 is 11.8 Å². The molecule has 0 aliphatic rings. The normalized spacial score (nSPS) is 11.2. The Morgan fingerprint density at radius 2 is 1.90 bits per heavy atom. The Kier molecular flexibility index (Phi) is 6.75.